The first-order valence-electron chi connectivity index (χ1n) is 11.2. The van der Waals surface area contributed by atoms with Gasteiger partial charge in [0, 0.05) is 38.0 Å². The minimum atomic E-state index is -0.103. The summed E-state index contributed by atoms with van der Waals surface area (Å²) in [6.07, 6.45) is 8.75. The first-order valence-corrected chi connectivity index (χ1v) is 12.7. The summed E-state index contributed by atoms with van der Waals surface area (Å²) in [6, 6.07) is 8.29. The number of nitrogens with one attached hydrogen (secondary N) is 3. The lowest BCUT2D eigenvalue weighted by molar-refractivity contribution is -0.122. The number of carbonyl (C=O) groups is 1. The maximum absolute atomic E-state index is 12.7. The number of anilines is 1. The van der Waals surface area contributed by atoms with Crippen LogP contribution >= 0.6 is 24.0 Å². The van der Waals surface area contributed by atoms with E-state index in [1.165, 1.54) is 43.4 Å². The van der Waals surface area contributed by atoms with Gasteiger partial charge >= 0.3 is 0 Å². The normalized spacial score (nSPS) is 20.5. The van der Waals surface area contributed by atoms with Gasteiger partial charge in [0.25, 0.3) is 0 Å². The Balaban J connectivity index is 1.55. The number of thioether (sulfide) groups is 1. The summed E-state index contributed by atoms with van der Waals surface area (Å²) in [6.45, 7) is 0.680. The Morgan fingerprint density at radius 1 is 1.23 bits per heavy atom. The molecule has 1 aliphatic heterocycles. The molecule has 30 heavy (non-hydrogen) atoms. The van der Waals surface area contributed by atoms with Crippen LogP contribution in [0, 0.1) is 5.92 Å². The van der Waals surface area contributed by atoms with E-state index >= 15 is 0 Å². The van der Waals surface area contributed by atoms with Gasteiger partial charge in [-0.05, 0) is 36.5 Å². The molecule has 0 bridgehead atoms. The fourth-order valence-corrected chi connectivity index (χ4v) is 5.40. The summed E-state index contributed by atoms with van der Waals surface area (Å²) in [7, 11) is 4.08. The first kappa shape index (κ1) is 23.4. The standard InChI is InChI=1S/C23H36N4OS2/c1-27(2)19-11-8-18(9-12-19)14-24-23(29)20(13-10-17-6-4-3-5-7-17)26-22(28)21-15-30-16-25-21/h8-9,11-12,17,20-21,25H,3-7,10,13-16H2,1-2H3,(H,24,29)(H,26,28)/t20-,21+/m1/s1. The van der Waals surface area contributed by atoms with Crippen molar-refractivity contribution < 1.29 is 4.79 Å². The van der Waals surface area contributed by atoms with Gasteiger partial charge in [-0.25, -0.2) is 0 Å². The molecule has 2 atom stereocenters. The summed E-state index contributed by atoms with van der Waals surface area (Å²) in [4.78, 5) is 15.6. The van der Waals surface area contributed by atoms with Gasteiger partial charge in [-0.15, -0.1) is 11.8 Å². The van der Waals surface area contributed by atoms with Crippen LogP contribution in [0.25, 0.3) is 0 Å². The van der Waals surface area contributed by atoms with Gasteiger partial charge in [-0.1, -0.05) is 56.5 Å². The highest BCUT2D eigenvalue weighted by atomic mass is 32.2. The van der Waals surface area contributed by atoms with E-state index in [0.29, 0.717) is 6.54 Å². The van der Waals surface area contributed by atoms with Crippen molar-refractivity contribution in [2.24, 2.45) is 5.92 Å². The Morgan fingerprint density at radius 3 is 2.60 bits per heavy atom. The molecule has 5 nitrogen and oxygen atoms in total. The van der Waals surface area contributed by atoms with E-state index < -0.39 is 0 Å². The molecule has 0 aromatic heterocycles. The van der Waals surface area contributed by atoms with Crippen molar-refractivity contribution in [2.45, 2.75) is 63.6 Å². The van der Waals surface area contributed by atoms with Gasteiger partial charge in [-0.2, -0.15) is 0 Å². The van der Waals surface area contributed by atoms with E-state index in [1.807, 2.05) is 14.1 Å². The number of thiocarbonyl (C=S) groups is 1. The van der Waals surface area contributed by atoms with Crippen LogP contribution in [0.1, 0.15) is 50.5 Å². The number of amides is 1. The zero-order chi connectivity index (χ0) is 21.3. The maximum atomic E-state index is 12.7. The Labute approximate surface area is 191 Å². The van der Waals surface area contributed by atoms with Crippen molar-refractivity contribution >= 4 is 40.6 Å². The lowest BCUT2D eigenvalue weighted by Crippen LogP contribution is -2.51. The van der Waals surface area contributed by atoms with E-state index in [-0.39, 0.29) is 18.0 Å². The molecule has 1 saturated carbocycles. The molecule has 1 aromatic carbocycles. The molecule has 1 amide bonds. The Bertz CT molecular complexity index is 683. The summed E-state index contributed by atoms with van der Waals surface area (Å²) in [5.41, 5.74) is 2.37. The van der Waals surface area contributed by atoms with Crippen LogP contribution in [-0.4, -0.2) is 48.7 Å². The van der Waals surface area contributed by atoms with Crippen molar-refractivity contribution in [3.63, 3.8) is 0 Å². The van der Waals surface area contributed by atoms with E-state index in [0.717, 1.165) is 35.4 Å². The molecular formula is C23H36N4OS2. The van der Waals surface area contributed by atoms with Gasteiger partial charge < -0.3 is 15.5 Å². The largest absolute Gasteiger partial charge is 0.378 e. The molecule has 2 fully saturated rings. The van der Waals surface area contributed by atoms with Crippen LogP contribution in [0.4, 0.5) is 5.69 Å². The minimum absolute atomic E-state index is 0.0770. The molecule has 166 valence electrons. The maximum Gasteiger partial charge on any atom is 0.238 e. The van der Waals surface area contributed by atoms with Gasteiger partial charge in [0.1, 0.15) is 0 Å². The average Bonchev–Trinajstić information content (AvgIpc) is 3.31. The van der Waals surface area contributed by atoms with Crippen molar-refractivity contribution in [3.05, 3.63) is 29.8 Å². The highest BCUT2D eigenvalue weighted by Crippen LogP contribution is 2.28. The molecule has 1 saturated heterocycles. The molecule has 3 rings (SSSR count). The van der Waals surface area contributed by atoms with Crippen molar-refractivity contribution in [1.29, 1.82) is 0 Å². The average molecular weight is 449 g/mol. The highest BCUT2D eigenvalue weighted by Gasteiger charge is 2.27. The predicted octanol–water partition coefficient (Wildman–Crippen LogP) is 3.68. The third-order valence-corrected chi connectivity index (χ3v) is 7.54. The summed E-state index contributed by atoms with van der Waals surface area (Å²) in [5, 5.41) is 9.90. The van der Waals surface area contributed by atoms with Crippen molar-refractivity contribution in [3.8, 4) is 0 Å². The van der Waals surface area contributed by atoms with Gasteiger partial charge in [0.05, 0.1) is 17.1 Å². The number of rotatable bonds is 9. The van der Waals surface area contributed by atoms with Crippen LogP contribution in [0.2, 0.25) is 0 Å². The number of nitrogens with zero attached hydrogens (tertiary/aromatic N) is 1. The zero-order valence-electron chi connectivity index (χ0n) is 18.3. The number of benzene rings is 1. The fraction of sp³-hybridized carbons (Fsp3) is 0.652. The lowest BCUT2D eigenvalue weighted by atomic mass is 9.85. The van der Waals surface area contributed by atoms with Crippen molar-refractivity contribution in [1.82, 2.24) is 16.0 Å². The molecule has 3 N–H and O–H groups in total. The fourth-order valence-electron chi connectivity index (χ4n) is 4.21. The molecule has 2 aliphatic rings. The molecular weight excluding hydrogens is 412 g/mol. The number of hydrogen-bond acceptors (Lipinski definition) is 5. The SMILES string of the molecule is CN(C)c1ccc(CNC(=S)[C@@H](CCC2CCCCC2)NC(=O)[C@@H]2CSCN2)cc1. The van der Waals surface area contributed by atoms with Crippen LogP contribution in [-0.2, 0) is 11.3 Å². The summed E-state index contributed by atoms with van der Waals surface area (Å²) < 4.78 is 0. The minimum Gasteiger partial charge on any atom is -0.378 e. The predicted molar refractivity (Wildman–Crippen MR) is 132 cm³/mol. The Morgan fingerprint density at radius 2 is 1.97 bits per heavy atom. The first-order chi connectivity index (χ1) is 14.5. The van der Waals surface area contributed by atoms with E-state index in [9.17, 15) is 4.79 Å². The topological polar surface area (TPSA) is 56.4 Å². The molecule has 7 heteroatoms. The molecule has 1 aliphatic carbocycles. The van der Waals surface area contributed by atoms with Crippen molar-refractivity contribution in [2.75, 3.05) is 30.6 Å². The molecule has 0 spiro atoms. The summed E-state index contributed by atoms with van der Waals surface area (Å²) >= 11 is 7.51. The van der Waals surface area contributed by atoms with E-state index in [4.69, 9.17) is 12.2 Å². The van der Waals surface area contributed by atoms with Crippen LogP contribution < -0.4 is 20.9 Å². The Kier molecular flexibility index (Phi) is 9.27. The second-order valence-electron chi connectivity index (χ2n) is 8.69. The van der Waals surface area contributed by atoms with Gasteiger partial charge in [0.2, 0.25) is 5.91 Å². The number of carbonyl (C=O) groups excluding carboxylic acids is 1. The van der Waals surface area contributed by atoms with E-state index in [1.54, 1.807) is 11.8 Å². The molecule has 0 unspecified atom stereocenters. The molecule has 1 heterocycles. The zero-order valence-corrected chi connectivity index (χ0v) is 19.9. The van der Waals surface area contributed by atoms with Crippen LogP contribution in [0.15, 0.2) is 24.3 Å². The second-order valence-corrected chi connectivity index (χ2v) is 10.2. The quantitative estimate of drug-likeness (QED) is 0.501. The van der Waals surface area contributed by atoms with Crippen LogP contribution in [0.3, 0.4) is 0 Å². The third kappa shape index (κ3) is 7.13. The smallest absolute Gasteiger partial charge is 0.238 e. The summed E-state index contributed by atoms with van der Waals surface area (Å²) in [5.74, 6) is 2.53. The molecule has 1 aromatic rings. The van der Waals surface area contributed by atoms with E-state index in [2.05, 4.69) is 45.1 Å². The van der Waals surface area contributed by atoms with Crippen LogP contribution in [0.5, 0.6) is 0 Å². The van der Waals surface area contributed by atoms with Gasteiger partial charge in [0.15, 0.2) is 0 Å². The second kappa shape index (κ2) is 11.9. The lowest BCUT2D eigenvalue weighted by Gasteiger charge is -2.26. The monoisotopic (exact) mass is 448 g/mol. The third-order valence-electron chi connectivity index (χ3n) is 6.17. The van der Waals surface area contributed by atoms with Gasteiger partial charge in [-0.3, -0.25) is 10.1 Å². The Hall–Kier alpha value is -1.31. The highest BCUT2D eigenvalue weighted by molar-refractivity contribution is 7.99. The number of hydrogen-bond donors (Lipinski definition) is 3. The molecule has 0 radical (unpaired) electrons.